The van der Waals surface area contributed by atoms with E-state index in [0.29, 0.717) is 3.12 Å². The summed E-state index contributed by atoms with van der Waals surface area (Å²) in [5.74, 6) is -0.557. The standard InChI is InChI=1S/C9H13.C6H7.C2H7Si.Zr/c1-6-5-7(2)9(4)8(6)3;1-6-4-2-3-5-6;1-3-2;/h5H,1-4H3;2-5H,1H3;3H,1-2H3;. The number of allylic oxidation sites excluding steroid dienone is 8. The molecule has 0 radical (unpaired) electrons. The van der Waals surface area contributed by atoms with E-state index < -0.39 is 26.8 Å². The van der Waals surface area contributed by atoms with Gasteiger partial charge in [-0.2, -0.15) is 0 Å². The molecule has 0 aromatic rings. The predicted octanol–water partition coefficient (Wildman–Crippen LogP) is 5.37. The minimum atomic E-state index is -1.54. The van der Waals surface area contributed by atoms with Crippen LogP contribution in [-0.4, -0.2) is 5.92 Å². The molecule has 0 spiro atoms. The molecule has 2 heteroatoms. The van der Waals surface area contributed by atoms with Crippen LogP contribution < -0.4 is 0 Å². The summed E-state index contributed by atoms with van der Waals surface area (Å²) in [7, 11) is 0. The van der Waals surface area contributed by atoms with Crippen LogP contribution in [-0.2, 0) is 20.9 Å². The first-order chi connectivity index (χ1) is 8.77. The molecule has 0 amide bonds. The number of hydrogen-bond donors (Lipinski definition) is 0. The van der Waals surface area contributed by atoms with Gasteiger partial charge in [0.25, 0.3) is 0 Å². The van der Waals surface area contributed by atoms with Crippen LogP contribution in [0.15, 0.2) is 46.6 Å². The molecular weight excluding hydrogens is 323 g/mol. The van der Waals surface area contributed by atoms with Gasteiger partial charge in [0.05, 0.1) is 0 Å². The van der Waals surface area contributed by atoms with Gasteiger partial charge in [0.2, 0.25) is 0 Å². The summed E-state index contributed by atoms with van der Waals surface area (Å²) in [6, 6.07) is 0. The monoisotopic (exact) mass is 349 g/mol. The van der Waals surface area contributed by atoms with Crippen LogP contribution >= 0.6 is 0 Å². The third-order valence-corrected chi connectivity index (χ3v) is 28.1. The number of hydrogen-bond acceptors (Lipinski definition) is 0. The average molecular weight is 351 g/mol. The van der Waals surface area contributed by atoms with Crippen molar-refractivity contribution in [2.75, 3.05) is 0 Å². The summed E-state index contributed by atoms with van der Waals surface area (Å²) in [4.78, 5) is 0. The van der Waals surface area contributed by atoms with Gasteiger partial charge in [0.1, 0.15) is 0 Å². The maximum atomic E-state index is 2.63. The Bertz CT molecular complexity index is 507. The summed E-state index contributed by atoms with van der Waals surface area (Å²) in [5, 5.41) is 0. The second-order valence-corrected chi connectivity index (χ2v) is 27.6. The Labute approximate surface area is 127 Å². The van der Waals surface area contributed by atoms with Crippen LogP contribution in [0.25, 0.3) is 0 Å². The third kappa shape index (κ3) is 2.63. The Hall–Kier alpha value is 0.0600. The van der Waals surface area contributed by atoms with Crippen LogP contribution in [0.2, 0.25) is 19.8 Å². The SMILES string of the molecule is CC1=C[CH]([Zr]([SiH](C)C)[C]2(C)C=C(C)C(C)=C2C)C=C1. The molecule has 2 rings (SSSR count). The molecule has 0 saturated carbocycles. The Morgan fingerprint density at radius 1 is 1.16 bits per heavy atom. The zero-order chi connectivity index (χ0) is 14.4. The molecule has 0 aromatic carbocycles. The van der Waals surface area contributed by atoms with E-state index in [9.17, 15) is 0 Å². The fourth-order valence-corrected chi connectivity index (χ4v) is 29.3. The molecule has 0 nitrogen and oxygen atoms in total. The molecule has 2 aliphatic carbocycles. The Morgan fingerprint density at radius 2 is 1.79 bits per heavy atom. The van der Waals surface area contributed by atoms with Gasteiger partial charge in [-0.05, 0) is 0 Å². The molecule has 19 heavy (non-hydrogen) atoms. The summed E-state index contributed by atoms with van der Waals surface area (Å²) >= 11 is -1.54. The molecule has 0 aliphatic heterocycles. The van der Waals surface area contributed by atoms with Crippen molar-refractivity contribution in [3.05, 3.63) is 46.6 Å². The first-order valence-corrected chi connectivity index (χ1v) is 17.2. The zero-order valence-electron chi connectivity index (χ0n) is 13.5. The normalized spacial score (nSPS) is 30.2. The number of rotatable bonds is 3. The van der Waals surface area contributed by atoms with Gasteiger partial charge in [-0.25, -0.2) is 0 Å². The van der Waals surface area contributed by atoms with Crippen LogP contribution in [0.4, 0.5) is 0 Å². The third-order valence-electron chi connectivity index (χ3n) is 5.03. The Kier molecular flexibility index (Phi) is 4.43. The van der Waals surface area contributed by atoms with E-state index in [1.165, 1.54) is 11.1 Å². The van der Waals surface area contributed by atoms with E-state index >= 15 is 0 Å². The van der Waals surface area contributed by atoms with Gasteiger partial charge < -0.3 is 0 Å². The van der Waals surface area contributed by atoms with Crippen LogP contribution in [0.1, 0.15) is 34.6 Å². The molecule has 2 aliphatic rings. The molecule has 0 aromatic heterocycles. The molecule has 103 valence electrons. The fourth-order valence-electron chi connectivity index (χ4n) is 3.81. The minimum absolute atomic E-state index is 0.465. The molecule has 0 fully saturated rings. The van der Waals surface area contributed by atoms with Crippen LogP contribution in [0.5, 0.6) is 0 Å². The molecule has 2 atom stereocenters. The Morgan fingerprint density at radius 3 is 2.16 bits per heavy atom. The zero-order valence-corrected chi connectivity index (χ0v) is 17.1. The molecule has 0 bridgehead atoms. The first-order valence-electron chi connectivity index (χ1n) is 7.39. The quantitative estimate of drug-likeness (QED) is 0.600. The van der Waals surface area contributed by atoms with E-state index in [4.69, 9.17) is 0 Å². The van der Waals surface area contributed by atoms with Crippen molar-refractivity contribution in [2.24, 2.45) is 0 Å². The second kappa shape index (κ2) is 5.45. The van der Waals surface area contributed by atoms with E-state index in [-0.39, 0.29) is 0 Å². The molecule has 0 heterocycles. The van der Waals surface area contributed by atoms with Gasteiger partial charge in [0.15, 0.2) is 0 Å². The summed E-state index contributed by atoms with van der Waals surface area (Å²) < 4.78 is 1.30. The molecule has 0 saturated heterocycles. The maximum absolute atomic E-state index is 2.63. The topological polar surface area (TPSA) is 0 Å². The van der Waals surface area contributed by atoms with Crippen LogP contribution in [0.3, 0.4) is 0 Å². The average Bonchev–Trinajstić information content (AvgIpc) is 2.79. The fraction of sp³-hybridized carbons (Fsp3) is 0.529. The summed E-state index contributed by atoms with van der Waals surface area (Å²) in [6.45, 7) is 17.0. The van der Waals surface area contributed by atoms with E-state index in [2.05, 4.69) is 72.0 Å². The van der Waals surface area contributed by atoms with Gasteiger partial charge in [-0.3, -0.25) is 0 Å². The molecule has 2 unspecified atom stereocenters. The van der Waals surface area contributed by atoms with E-state index in [1.54, 1.807) is 11.1 Å². The Balaban J connectivity index is 2.45. The van der Waals surface area contributed by atoms with Crippen molar-refractivity contribution >= 4 is 5.92 Å². The summed E-state index contributed by atoms with van der Waals surface area (Å²) in [6.07, 6.45) is 10.1. The van der Waals surface area contributed by atoms with Crippen molar-refractivity contribution < 1.29 is 20.9 Å². The van der Waals surface area contributed by atoms with Crippen molar-refractivity contribution in [1.29, 1.82) is 0 Å². The second-order valence-electron chi connectivity index (χ2n) is 6.69. The molecular formula is C17H27SiZr. The molecule has 0 N–H and O–H groups in total. The van der Waals surface area contributed by atoms with Crippen molar-refractivity contribution in [3.63, 3.8) is 0 Å². The van der Waals surface area contributed by atoms with Gasteiger partial charge in [-0.1, -0.05) is 0 Å². The van der Waals surface area contributed by atoms with E-state index in [0.717, 1.165) is 3.63 Å². The van der Waals surface area contributed by atoms with E-state index in [1.807, 2.05) is 0 Å². The van der Waals surface area contributed by atoms with Crippen molar-refractivity contribution in [1.82, 2.24) is 0 Å². The van der Waals surface area contributed by atoms with Gasteiger partial charge >= 0.3 is 128 Å². The van der Waals surface area contributed by atoms with Gasteiger partial charge in [0, 0.05) is 0 Å². The van der Waals surface area contributed by atoms with Crippen molar-refractivity contribution in [2.45, 2.75) is 54.5 Å². The predicted molar refractivity (Wildman–Crippen MR) is 86.0 cm³/mol. The van der Waals surface area contributed by atoms with Crippen LogP contribution in [0, 0.1) is 0 Å². The van der Waals surface area contributed by atoms with Crippen molar-refractivity contribution in [3.8, 4) is 0 Å². The van der Waals surface area contributed by atoms with Gasteiger partial charge in [-0.15, -0.1) is 0 Å². The summed E-state index contributed by atoms with van der Waals surface area (Å²) in [5.41, 5.74) is 6.28. The first kappa shape index (κ1) is 15.4.